The van der Waals surface area contributed by atoms with Gasteiger partial charge in [0.25, 0.3) is 0 Å². The molecule has 1 N–H and O–H groups in total. The summed E-state index contributed by atoms with van der Waals surface area (Å²) in [6.45, 7) is 7.04. The topological polar surface area (TPSA) is 12.0 Å². The van der Waals surface area contributed by atoms with Gasteiger partial charge in [-0.25, -0.2) is 0 Å². The fourth-order valence-corrected chi connectivity index (χ4v) is 1.99. The molecule has 0 spiro atoms. The van der Waals surface area contributed by atoms with Gasteiger partial charge in [-0.3, -0.25) is 0 Å². The van der Waals surface area contributed by atoms with E-state index in [1.165, 1.54) is 12.8 Å². The third kappa shape index (κ3) is 1.07. The SMILES string of the molecule is CNC1(C)CCC(C)C1C. The Labute approximate surface area is 64.2 Å². The maximum Gasteiger partial charge on any atom is 0.0178 e. The summed E-state index contributed by atoms with van der Waals surface area (Å²) in [6, 6.07) is 0. The molecule has 0 bridgehead atoms. The van der Waals surface area contributed by atoms with E-state index < -0.39 is 0 Å². The first-order valence-electron chi connectivity index (χ1n) is 4.29. The Hall–Kier alpha value is -0.0400. The van der Waals surface area contributed by atoms with Crippen LogP contribution in [0.2, 0.25) is 0 Å². The lowest BCUT2D eigenvalue weighted by molar-refractivity contribution is 0.274. The predicted molar refractivity (Wildman–Crippen MR) is 45.0 cm³/mol. The van der Waals surface area contributed by atoms with Crippen molar-refractivity contribution in [2.75, 3.05) is 7.05 Å². The first-order chi connectivity index (χ1) is 4.60. The normalized spacial score (nSPS) is 48.0. The van der Waals surface area contributed by atoms with Gasteiger partial charge in [-0.05, 0) is 38.6 Å². The molecule has 1 aliphatic carbocycles. The Bertz CT molecular complexity index is 122. The Morgan fingerprint density at radius 3 is 2.20 bits per heavy atom. The first-order valence-corrected chi connectivity index (χ1v) is 4.29. The zero-order chi connectivity index (χ0) is 7.78. The van der Waals surface area contributed by atoms with E-state index in [9.17, 15) is 0 Å². The summed E-state index contributed by atoms with van der Waals surface area (Å²) in [5.74, 6) is 1.73. The van der Waals surface area contributed by atoms with Crippen LogP contribution in [-0.2, 0) is 0 Å². The zero-order valence-electron chi connectivity index (χ0n) is 7.57. The first kappa shape index (κ1) is 8.06. The summed E-state index contributed by atoms with van der Waals surface area (Å²) in [6.07, 6.45) is 2.73. The molecule has 0 saturated heterocycles. The van der Waals surface area contributed by atoms with Gasteiger partial charge < -0.3 is 5.32 Å². The molecule has 0 aliphatic heterocycles. The molecule has 3 atom stereocenters. The second kappa shape index (κ2) is 2.54. The molecule has 60 valence electrons. The molecule has 10 heavy (non-hydrogen) atoms. The van der Waals surface area contributed by atoms with Gasteiger partial charge >= 0.3 is 0 Å². The van der Waals surface area contributed by atoms with Crippen LogP contribution in [0, 0.1) is 11.8 Å². The van der Waals surface area contributed by atoms with Gasteiger partial charge in [0.1, 0.15) is 0 Å². The Balaban J connectivity index is 2.64. The molecule has 1 fully saturated rings. The molecule has 1 nitrogen and oxygen atoms in total. The summed E-state index contributed by atoms with van der Waals surface area (Å²) >= 11 is 0. The van der Waals surface area contributed by atoms with Crippen LogP contribution in [0.25, 0.3) is 0 Å². The predicted octanol–water partition coefficient (Wildman–Crippen LogP) is 2.03. The molecular weight excluding hydrogens is 122 g/mol. The molecule has 0 radical (unpaired) electrons. The van der Waals surface area contributed by atoms with Gasteiger partial charge in [0.15, 0.2) is 0 Å². The molecule has 0 aromatic heterocycles. The average molecular weight is 141 g/mol. The van der Waals surface area contributed by atoms with Crippen LogP contribution in [0.15, 0.2) is 0 Å². The van der Waals surface area contributed by atoms with Gasteiger partial charge in [-0.15, -0.1) is 0 Å². The Kier molecular flexibility index (Phi) is 2.04. The summed E-state index contributed by atoms with van der Waals surface area (Å²) in [5.41, 5.74) is 0.416. The zero-order valence-corrected chi connectivity index (χ0v) is 7.57. The van der Waals surface area contributed by atoms with Crippen molar-refractivity contribution in [2.24, 2.45) is 11.8 Å². The maximum atomic E-state index is 3.42. The lowest BCUT2D eigenvalue weighted by Gasteiger charge is -2.30. The van der Waals surface area contributed by atoms with Crippen molar-refractivity contribution in [3.8, 4) is 0 Å². The maximum absolute atomic E-state index is 3.42. The third-order valence-corrected chi connectivity index (χ3v) is 3.55. The second-order valence-corrected chi connectivity index (χ2v) is 3.97. The minimum absolute atomic E-state index is 0.416. The lowest BCUT2D eigenvalue weighted by Crippen LogP contribution is -2.42. The van der Waals surface area contributed by atoms with Crippen LogP contribution >= 0.6 is 0 Å². The van der Waals surface area contributed by atoms with Crippen molar-refractivity contribution in [3.63, 3.8) is 0 Å². The standard InChI is InChI=1S/C9H19N/c1-7-5-6-9(3,10-4)8(7)2/h7-8,10H,5-6H2,1-4H3. The van der Waals surface area contributed by atoms with E-state index in [2.05, 4.69) is 33.1 Å². The summed E-state index contributed by atoms with van der Waals surface area (Å²) in [5, 5.41) is 3.42. The molecule has 0 amide bonds. The number of hydrogen-bond acceptors (Lipinski definition) is 1. The van der Waals surface area contributed by atoms with E-state index in [0.717, 1.165) is 11.8 Å². The largest absolute Gasteiger partial charge is 0.314 e. The second-order valence-electron chi connectivity index (χ2n) is 3.97. The van der Waals surface area contributed by atoms with Crippen LogP contribution in [0.1, 0.15) is 33.6 Å². The van der Waals surface area contributed by atoms with Crippen molar-refractivity contribution in [1.82, 2.24) is 5.32 Å². The summed E-state index contributed by atoms with van der Waals surface area (Å²) in [7, 11) is 2.08. The highest BCUT2D eigenvalue weighted by atomic mass is 14.9. The minimum atomic E-state index is 0.416. The van der Waals surface area contributed by atoms with E-state index in [-0.39, 0.29) is 0 Å². The average Bonchev–Trinajstić information content (AvgIpc) is 2.19. The highest BCUT2D eigenvalue weighted by Crippen LogP contribution is 2.38. The summed E-state index contributed by atoms with van der Waals surface area (Å²) in [4.78, 5) is 0. The van der Waals surface area contributed by atoms with E-state index in [1.54, 1.807) is 0 Å². The molecule has 3 unspecified atom stereocenters. The molecule has 1 heteroatoms. The monoisotopic (exact) mass is 141 g/mol. The third-order valence-electron chi connectivity index (χ3n) is 3.55. The van der Waals surface area contributed by atoms with Gasteiger partial charge in [0.2, 0.25) is 0 Å². The fourth-order valence-electron chi connectivity index (χ4n) is 1.99. The van der Waals surface area contributed by atoms with Crippen molar-refractivity contribution >= 4 is 0 Å². The molecule has 1 saturated carbocycles. The van der Waals surface area contributed by atoms with E-state index in [1.807, 2.05) is 0 Å². The Morgan fingerprint density at radius 1 is 1.40 bits per heavy atom. The fraction of sp³-hybridized carbons (Fsp3) is 1.00. The lowest BCUT2D eigenvalue weighted by atomic mass is 9.87. The quantitative estimate of drug-likeness (QED) is 0.589. The van der Waals surface area contributed by atoms with Gasteiger partial charge in [-0.2, -0.15) is 0 Å². The highest BCUT2D eigenvalue weighted by molar-refractivity contribution is 4.95. The van der Waals surface area contributed by atoms with Gasteiger partial charge in [0, 0.05) is 5.54 Å². The van der Waals surface area contributed by atoms with E-state index in [4.69, 9.17) is 0 Å². The Morgan fingerprint density at radius 2 is 2.00 bits per heavy atom. The molecule has 1 aliphatic rings. The van der Waals surface area contributed by atoms with E-state index in [0.29, 0.717) is 5.54 Å². The van der Waals surface area contributed by atoms with Gasteiger partial charge in [-0.1, -0.05) is 13.8 Å². The molecular formula is C9H19N. The van der Waals surface area contributed by atoms with Crippen LogP contribution in [0.3, 0.4) is 0 Å². The molecule has 1 rings (SSSR count). The van der Waals surface area contributed by atoms with Crippen molar-refractivity contribution in [2.45, 2.75) is 39.2 Å². The van der Waals surface area contributed by atoms with Crippen molar-refractivity contribution in [3.05, 3.63) is 0 Å². The van der Waals surface area contributed by atoms with Crippen LogP contribution in [0.4, 0.5) is 0 Å². The minimum Gasteiger partial charge on any atom is -0.314 e. The van der Waals surface area contributed by atoms with Crippen LogP contribution < -0.4 is 5.32 Å². The molecule has 0 heterocycles. The number of nitrogens with one attached hydrogen (secondary N) is 1. The van der Waals surface area contributed by atoms with Gasteiger partial charge in [0.05, 0.1) is 0 Å². The van der Waals surface area contributed by atoms with Crippen molar-refractivity contribution in [1.29, 1.82) is 0 Å². The smallest absolute Gasteiger partial charge is 0.0178 e. The van der Waals surface area contributed by atoms with Crippen LogP contribution in [0.5, 0.6) is 0 Å². The molecule has 0 aromatic rings. The van der Waals surface area contributed by atoms with Crippen molar-refractivity contribution < 1.29 is 0 Å². The number of rotatable bonds is 1. The van der Waals surface area contributed by atoms with Crippen LogP contribution in [-0.4, -0.2) is 12.6 Å². The number of hydrogen-bond donors (Lipinski definition) is 1. The molecule has 0 aromatic carbocycles. The highest BCUT2D eigenvalue weighted by Gasteiger charge is 2.38. The van der Waals surface area contributed by atoms with E-state index >= 15 is 0 Å². The summed E-state index contributed by atoms with van der Waals surface area (Å²) < 4.78 is 0.